The second-order valence-electron chi connectivity index (χ2n) is 6.10. The SMILES string of the molecule is Cc1cccc2cccc(N(c3ccccc3)c3ccc(Br)cc3)c12. The number of nitrogens with zero attached hydrogens (tertiary/aromatic N) is 1. The first-order valence-corrected chi connectivity index (χ1v) is 9.12. The van der Waals surface area contributed by atoms with Crippen molar-refractivity contribution in [2.24, 2.45) is 0 Å². The lowest BCUT2D eigenvalue weighted by Crippen LogP contribution is -2.10. The van der Waals surface area contributed by atoms with Crippen LogP contribution in [0.5, 0.6) is 0 Å². The van der Waals surface area contributed by atoms with Crippen molar-refractivity contribution in [2.75, 3.05) is 4.90 Å². The lowest BCUT2D eigenvalue weighted by atomic mass is 10.0. The molecule has 0 aliphatic carbocycles. The van der Waals surface area contributed by atoms with Crippen molar-refractivity contribution in [3.63, 3.8) is 0 Å². The van der Waals surface area contributed by atoms with Gasteiger partial charge in [-0.15, -0.1) is 0 Å². The van der Waals surface area contributed by atoms with Crippen LogP contribution in [0.3, 0.4) is 0 Å². The number of hydrogen-bond acceptors (Lipinski definition) is 1. The van der Waals surface area contributed by atoms with Crippen molar-refractivity contribution >= 4 is 43.8 Å². The molecule has 4 rings (SSSR count). The Morgan fingerprint density at radius 2 is 1.28 bits per heavy atom. The molecular weight excluding hydrogens is 370 g/mol. The van der Waals surface area contributed by atoms with E-state index in [0.29, 0.717) is 0 Å². The number of benzene rings is 4. The van der Waals surface area contributed by atoms with Crippen LogP contribution in [0, 0.1) is 6.92 Å². The van der Waals surface area contributed by atoms with Gasteiger partial charge in [-0.05, 0) is 60.3 Å². The first-order chi connectivity index (χ1) is 12.2. The van der Waals surface area contributed by atoms with Gasteiger partial charge in [-0.2, -0.15) is 0 Å². The van der Waals surface area contributed by atoms with E-state index in [4.69, 9.17) is 0 Å². The molecule has 0 fully saturated rings. The number of anilines is 3. The molecule has 0 aliphatic rings. The molecule has 0 radical (unpaired) electrons. The second kappa shape index (κ2) is 6.73. The molecule has 4 aromatic carbocycles. The zero-order chi connectivity index (χ0) is 17.2. The van der Waals surface area contributed by atoms with Gasteiger partial charge in [0, 0.05) is 21.2 Å². The summed E-state index contributed by atoms with van der Waals surface area (Å²) in [7, 11) is 0. The highest BCUT2D eigenvalue weighted by molar-refractivity contribution is 9.10. The molecule has 122 valence electrons. The minimum atomic E-state index is 1.08. The molecule has 0 saturated carbocycles. The number of aryl methyl sites for hydroxylation is 1. The van der Waals surface area contributed by atoms with Crippen LogP contribution in [0.4, 0.5) is 17.1 Å². The van der Waals surface area contributed by atoms with Gasteiger partial charge in [0.15, 0.2) is 0 Å². The Hall–Kier alpha value is -2.58. The van der Waals surface area contributed by atoms with Crippen LogP contribution in [0.25, 0.3) is 10.8 Å². The molecule has 2 heteroatoms. The van der Waals surface area contributed by atoms with E-state index in [1.807, 2.05) is 0 Å². The fourth-order valence-electron chi connectivity index (χ4n) is 3.29. The van der Waals surface area contributed by atoms with E-state index in [-0.39, 0.29) is 0 Å². The van der Waals surface area contributed by atoms with Crippen LogP contribution in [-0.2, 0) is 0 Å². The highest BCUT2D eigenvalue weighted by Crippen LogP contribution is 2.39. The molecule has 25 heavy (non-hydrogen) atoms. The van der Waals surface area contributed by atoms with E-state index >= 15 is 0 Å². The summed E-state index contributed by atoms with van der Waals surface area (Å²) in [4.78, 5) is 2.32. The van der Waals surface area contributed by atoms with Gasteiger partial charge in [0.25, 0.3) is 0 Å². The molecule has 0 aromatic heterocycles. The predicted octanol–water partition coefficient (Wildman–Crippen LogP) is 7.38. The number of halogens is 1. The third kappa shape index (κ3) is 3.06. The first-order valence-electron chi connectivity index (χ1n) is 8.33. The molecule has 0 spiro atoms. The number of para-hydroxylation sites is 1. The van der Waals surface area contributed by atoms with Crippen molar-refractivity contribution in [3.8, 4) is 0 Å². The standard InChI is InChI=1S/C23H18BrN/c1-17-7-5-8-18-9-6-12-22(23(17)18)25(20-10-3-2-4-11-20)21-15-13-19(24)14-16-21/h2-16H,1H3. The summed E-state index contributed by atoms with van der Waals surface area (Å²) in [6.07, 6.45) is 0. The molecule has 0 heterocycles. The average molecular weight is 388 g/mol. The Kier molecular flexibility index (Phi) is 4.29. The third-order valence-electron chi connectivity index (χ3n) is 4.43. The maximum atomic E-state index is 3.54. The molecule has 0 amide bonds. The summed E-state index contributed by atoms with van der Waals surface area (Å²) < 4.78 is 1.08. The summed E-state index contributed by atoms with van der Waals surface area (Å²) in [6, 6.07) is 32.0. The lowest BCUT2D eigenvalue weighted by Gasteiger charge is -2.27. The minimum absolute atomic E-state index is 1.08. The van der Waals surface area contributed by atoms with Gasteiger partial charge in [0.1, 0.15) is 0 Å². The quantitative estimate of drug-likeness (QED) is 0.354. The van der Waals surface area contributed by atoms with E-state index < -0.39 is 0 Å². The summed E-state index contributed by atoms with van der Waals surface area (Å²) in [5.74, 6) is 0. The van der Waals surface area contributed by atoms with Gasteiger partial charge in [0.05, 0.1) is 5.69 Å². The molecule has 0 bridgehead atoms. The van der Waals surface area contributed by atoms with Crippen LogP contribution in [0.2, 0.25) is 0 Å². The second-order valence-corrected chi connectivity index (χ2v) is 7.01. The highest BCUT2D eigenvalue weighted by Gasteiger charge is 2.15. The summed E-state index contributed by atoms with van der Waals surface area (Å²) in [5, 5.41) is 2.55. The van der Waals surface area contributed by atoms with Crippen LogP contribution in [0.1, 0.15) is 5.56 Å². The third-order valence-corrected chi connectivity index (χ3v) is 4.96. The maximum absolute atomic E-state index is 3.54. The summed E-state index contributed by atoms with van der Waals surface area (Å²) in [6.45, 7) is 2.18. The zero-order valence-electron chi connectivity index (χ0n) is 14.0. The Balaban J connectivity index is 2.01. The first kappa shape index (κ1) is 15.9. The van der Waals surface area contributed by atoms with Crippen LogP contribution < -0.4 is 4.90 Å². The largest absolute Gasteiger partial charge is 0.310 e. The molecule has 0 N–H and O–H groups in total. The number of rotatable bonds is 3. The van der Waals surface area contributed by atoms with Crippen molar-refractivity contribution in [2.45, 2.75) is 6.92 Å². The molecular formula is C23H18BrN. The molecule has 0 saturated heterocycles. The molecule has 1 nitrogen and oxygen atoms in total. The normalized spacial score (nSPS) is 10.8. The molecule has 4 aromatic rings. The van der Waals surface area contributed by atoms with E-state index in [2.05, 4.69) is 119 Å². The average Bonchev–Trinajstić information content (AvgIpc) is 2.65. The predicted molar refractivity (Wildman–Crippen MR) is 111 cm³/mol. The van der Waals surface area contributed by atoms with Gasteiger partial charge < -0.3 is 4.90 Å². The Labute approximate surface area is 156 Å². The zero-order valence-corrected chi connectivity index (χ0v) is 15.6. The van der Waals surface area contributed by atoms with E-state index in [0.717, 1.165) is 15.8 Å². The van der Waals surface area contributed by atoms with Gasteiger partial charge in [-0.3, -0.25) is 0 Å². The Morgan fingerprint density at radius 1 is 0.640 bits per heavy atom. The van der Waals surface area contributed by atoms with E-state index in [1.165, 1.54) is 22.0 Å². The van der Waals surface area contributed by atoms with Crippen LogP contribution in [0.15, 0.2) is 95.5 Å². The lowest BCUT2D eigenvalue weighted by molar-refractivity contribution is 1.29. The molecule has 0 atom stereocenters. The van der Waals surface area contributed by atoms with Gasteiger partial charge in [0.2, 0.25) is 0 Å². The van der Waals surface area contributed by atoms with Gasteiger partial charge in [-0.1, -0.05) is 64.5 Å². The maximum Gasteiger partial charge on any atom is 0.0542 e. The Morgan fingerprint density at radius 3 is 2.00 bits per heavy atom. The molecule has 0 unspecified atom stereocenters. The van der Waals surface area contributed by atoms with Crippen molar-refractivity contribution in [1.82, 2.24) is 0 Å². The monoisotopic (exact) mass is 387 g/mol. The topological polar surface area (TPSA) is 3.24 Å². The number of fused-ring (bicyclic) bond motifs is 1. The van der Waals surface area contributed by atoms with Crippen molar-refractivity contribution in [3.05, 3.63) is 101 Å². The highest BCUT2D eigenvalue weighted by atomic mass is 79.9. The van der Waals surface area contributed by atoms with Crippen molar-refractivity contribution in [1.29, 1.82) is 0 Å². The van der Waals surface area contributed by atoms with E-state index in [9.17, 15) is 0 Å². The number of hydrogen-bond donors (Lipinski definition) is 0. The molecule has 0 aliphatic heterocycles. The fraction of sp³-hybridized carbons (Fsp3) is 0.0435. The van der Waals surface area contributed by atoms with Crippen LogP contribution >= 0.6 is 15.9 Å². The van der Waals surface area contributed by atoms with Gasteiger partial charge >= 0.3 is 0 Å². The minimum Gasteiger partial charge on any atom is -0.310 e. The Bertz CT molecular complexity index is 1000. The summed E-state index contributed by atoms with van der Waals surface area (Å²) >= 11 is 3.54. The smallest absolute Gasteiger partial charge is 0.0542 e. The van der Waals surface area contributed by atoms with Crippen LogP contribution in [-0.4, -0.2) is 0 Å². The fourth-order valence-corrected chi connectivity index (χ4v) is 3.55. The van der Waals surface area contributed by atoms with Gasteiger partial charge in [-0.25, -0.2) is 0 Å². The van der Waals surface area contributed by atoms with Crippen molar-refractivity contribution < 1.29 is 0 Å². The summed E-state index contributed by atoms with van der Waals surface area (Å²) in [5.41, 5.74) is 4.78. The van der Waals surface area contributed by atoms with E-state index in [1.54, 1.807) is 0 Å².